The van der Waals surface area contributed by atoms with Gasteiger partial charge in [0.2, 0.25) is 0 Å². The molecular formula is C32H24N2NiO2S2. The number of fused-ring (bicyclic) bond motifs is 2. The Morgan fingerprint density at radius 2 is 0.872 bits per heavy atom. The van der Waals surface area contributed by atoms with Crippen LogP contribution in [0.25, 0.3) is 21.9 Å². The Bertz CT molecular complexity index is 1570. The largest absolute Gasteiger partial charge is 2.00 e. The van der Waals surface area contributed by atoms with E-state index >= 15 is 0 Å². The minimum Gasteiger partial charge on any atom is -0.775 e. The molecule has 6 rings (SSSR count). The first kappa shape index (κ1) is 28.2. The van der Waals surface area contributed by atoms with Crippen molar-refractivity contribution in [3.8, 4) is 0 Å². The normalized spacial score (nSPS) is 11.1. The summed E-state index contributed by atoms with van der Waals surface area (Å²) >= 11 is 10.7. The minimum absolute atomic E-state index is 0. The molecule has 0 saturated heterocycles. The van der Waals surface area contributed by atoms with Gasteiger partial charge >= 0.3 is 16.5 Å². The average molecular weight is 591 g/mol. The molecule has 0 saturated carbocycles. The number of hydrogen-bond donors (Lipinski definition) is 0. The molecule has 0 aliphatic carbocycles. The molecule has 0 aliphatic rings. The predicted molar refractivity (Wildman–Crippen MR) is 159 cm³/mol. The Hall–Kier alpha value is -3.77. The van der Waals surface area contributed by atoms with E-state index in [1.54, 1.807) is 12.4 Å². The van der Waals surface area contributed by atoms with E-state index in [2.05, 4.69) is 9.98 Å². The fourth-order valence-electron chi connectivity index (χ4n) is 3.89. The summed E-state index contributed by atoms with van der Waals surface area (Å²) in [6.07, 6.45) is 3.44. The van der Waals surface area contributed by atoms with Gasteiger partial charge < -0.3 is 34.1 Å². The quantitative estimate of drug-likeness (QED) is 0.112. The first-order valence-electron chi connectivity index (χ1n) is 12.1. The number of rotatable bonds is 6. The molecule has 0 N–H and O–H groups in total. The van der Waals surface area contributed by atoms with Crippen LogP contribution in [0.1, 0.15) is 22.6 Å². The molecule has 6 aromatic rings. The van der Waals surface area contributed by atoms with Gasteiger partial charge in [0.05, 0.1) is 25.5 Å². The van der Waals surface area contributed by atoms with E-state index in [0.29, 0.717) is 24.6 Å². The number of aliphatic imine (C=N–C) groups is 2. The van der Waals surface area contributed by atoms with Gasteiger partial charge in [-0.15, -0.1) is 9.79 Å². The maximum absolute atomic E-state index is 5.68. The molecule has 2 heterocycles. The summed E-state index contributed by atoms with van der Waals surface area (Å²) in [6, 6.07) is 35.7. The Balaban J connectivity index is 0.000000176. The van der Waals surface area contributed by atoms with Crippen molar-refractivity contribution in [2.45, 2.75) is 22.9 Å². The van der Waals surface area contributed by atoms with Crippen LogP contribution in [0.15, 0.2) is 138 Å². The Labute approximate surface area is 248 Å². The summed E-state index contributed by atoms with van der Waals surface area (Å²) in [7, 11) is 0. The van der Waals surface area contributed by atoms with Crippen molar-refractivity contribution in [3.05, 3.63) is 132 Å². The van der Waals surface area contributed by atoms with Crippen LogP contribution in [-0.2, 0) is 54.8 Å². The molecule has 0 aliphatic heterocycles. The number of benzene rings is 4. The number of para-hydroxylation sites is 2. The van der Waals surface area contributed by atoms with Crippen molar-refractivity contribution in [3.63, 3.8) is 0 Å². The molecule has 4 nitrogen and oxygen atoms in total. The van der Waals surface area contributed by atoms with E-state index in [0.717, 1.165) is 31.7 Å². The fourth-order valence-corrected chi connectivity index (χ4v) is 4.41. The summed E-state index contributed by atoms with van der Waals surface area (Å²) in [5.41, 5.74) is 3.96. The molecule has 0 amide bonds. The first-order chi connectivity index (χ1) is 18.7. The van der Waals surface area contributed by atoms with E-state index in [-0.39, 0.29) is 16.5 Å². The van der Waals surface area contributed by atoms with E-state index in [1.807, 2.05) is 109 Å². The Morgan fingerprint density at radius 3 is 1.26 bits per heavy atom. The van der Waals surface area contributed by atoms with Gasteiger partial charge in [0, 0.05) is 10.8 Å². The maximum atomic E-state index is 5.68. The Kier molecular flexibility index (Phi) is 10.0. The van der Waals surface area contributed by atoms with Crippen LogP contribution in [0, 0.1) is 0 Å². The van der Waals surface area contributed by atoms with Crippen LogP contribution in [-0.4, -0.2) is 12.4 Å². The molecule has 0 bridgehead atoms. The minimum atomic E-state index is 0. The molecule has 0 spiro atoms. The molecule has 0 fully saturated rings. The third-order valence-corrected chi connectivity index (χ3v) is 6.64. The fraction of sp³-hybridized carbons (Fsp3) is 0.0625. The number of nitrogens with zero attached hydrogens (tertiary/aromatic N) is 2. The summed E-state index contributed by atoms with van der Waals surface area (Å²) in [5, 5.41) is 1.94. The first-order valence-corrected chi connectivity index (χ1v) is 13.0. The molecule has 2 aromatic heterocycles. The van der Waals surface area contributed by atoms with Crippen LogP contribution in [0.5, 0.6) is 0 Å². The van der Waals surface area contributed by atoms with Crippen molar-refractivity contribution < 1.29 is 25.3 Å². The van der Waals surface area contributed by atoms with Crippen LogP contribution in [0.2, 0.25) is 0 Å². The molecule has 0 unspecified atom stereocenters. The van der Waals surface area contributed by atoms with Gasteiger partial charge in [0.1, 0.15) is 22.7 Å². The third kappa shape index (κ3) is 7.21. The third-order valence-electron chi connectivity index (χ3n) is 5.80. The second-order valence-electron chi connectivity index (χ2n) is 8.49. The predicted octanol–water partition coefficient (Wildman–Crippen LogP) is 7.91. The summed E-state index contributed by atoms with van der Waals surface area (Å²) in [6.45, 7) is 1.26. The van der Waals surface area contributed by atoms with E-state index in [1.165, 1.54) is 11.1 Å². The zero-order valence-electron chi connectivity index (χ0n) is 20.8. The molecule has 39 heavy (non-hydrogen) atoms. The van der Waals surface area contributed by atoms with Crippen molar-refractivity contribution in [1.82, 2.24) is 0 Å². The molecule has 7 heteroatoms. The number of hydrogen-bond acceptors (Lipinski definition) is 6. The van der Waals surface area contributed by atoms with Gasteiger partial charge in [-0.1, -0.05) is 97.1 Å². The zero-order chi connectivity index (χ0) is 26.2. The van der Waals surface area contributed by atoms with Crippen molar-refractivity contribution in [1.29, 1.82) is 0 Å². The maximum Gasteiger partial charge on any atom is 2.00 e. The topological polar surface area (TPSA) is 51.0 Å². The van der Waals surface area contributed by atoms with Gasteiger partial charge in [0.25, 0.3) is 0 Å². The SMILES string of the molecule is [Ni+2].[S-]c1c(C=NCc2ccccc2)oc2ccccc12.[S-]c1c(C=NCc2ccccc2)oc2ccccc12. The molecule has 0 radical (unpaired) electrons. The molecular weight excluding hydrogens is 567 g/mol. The zero-order valence-corrected chi connectivity index (χ0v) is 23.4. The Morgan fingerprint density at radius 1 is 0.513 bits per heavy atom. The molecule has 4 aromatic carbocycles. The summed E-state index contributed by atoms with van der Waals surface area (Å²) in [5.74, 6) is 1.32. The summed E-state index contributed by atoms with van der Waals surface area (Å²) in [4.78, 5) is 10.2. The number of furan rings is 2. The van der Waals surface area contributed by atoms with Crippen LogP contribution in [0.4, 0.5) is 0 Å². The second kappa shape index (κ2) is 13.9. The van der Waals surface area contributed by atoms with Crippen LogP contribution in [0.3, 0.4) is 0 Å². The van der Waals surface area contributed by atoms with Gasteiger partial charge in [-0.25, -0.2) is 0 Å². The van der Waals surface area contributed by atoms with Crippen molar-refractivity contribution in [2.75, 3.05) is 0 Å². The van der Waals surface area contributed by atoms with Crippen molar-refractivity contribution >= 4 is 59.6 Å². The van der Waals surface area contributed by atoms with E-state index in [4.69, 9.17) is 34.1 Å². The monoisotopic (exact) mass is 590 g/mol. The smallest absolute Gasteiger partial charge is 0.775 e. The van der Waals surface area contributed by atoms with Crippen LogP contribution >= 0.6 is 0 Å². The van der Waals surface area contributed by atoms with Crippen LogP contribution < -0.4 is 0 Å². The van der Waals surface area contributed by atoms with Gasteiger partial charge in [0.15, 0.2) is 0 Å². The molecule has 0 atom stereocenters. The van der Waals surface area contributed by atoms with E-state index < -0.39 is 0 Å². The second-order valence-corrected chi connectivity index (χ2v) is 9.31. The van der Waals surface area contributed by atoms with Gasteiger partial charge in [-0.2, -0.15) is 0 Å². The van der Waals surface area contributed by atoms with E-state index in [9.17, 15) is 0 Å². The van der Waals surface area contributed by atoms with Gasteiger partial charge in [-0.3, -0.25) is 9.98 Å². The van der Waals surface area contributed by atoms with Crippen molar-refractivity contribution in [2.24, 2.45) is 9.98 Å². The summed E-state index contributed by atoms with van der Waals surface area (Å²) < 4.78 is 11.4. The molecule has 196 valence electrons. The standard InChI is InChI=1S/2C16H13NOS.Ni/c2*19-16-13-8-4-5-9-14(13)18-15(16)11-17-10-12-6-2-1-3-7-12;/h2*1-9,11,19H,10H2;/q;;+2/p-2. The average Bonchev–Trinajstić information content (AvgIpc) is 3.46. The van der Waals surface area contributed by atoms with Gasteiger partial charge in [-0.05, 0) is 23.3 Å².